The number of carbonyl (C=O) groups is 1. The molecule has 1 aromatic rings. The lowest BCUT2D eigenvalue weighted by Crippen LogP contribution is -2.02. The molecule has 0 spiro atoms. The quantitative estimate of drug-likeness (QED) is 0.788. The maximum Gasteiger partial charge on any atom is 0.352 e. The molecule has 0 aromatic carbocycles. The van der Waals surface area contributed by atoms with Gasteiger partial charge >= 0.3 is 5.97 Å². The largest absolute Gasteiger partial charge is 0.506 e. The van der Waals surface area contributed by atoms with Crippen molar-refractivity contribution in [3.8, 4) is 5.75 Å². The minimum Gasteiger partial charge on any atom is -0.506 e. The van der Waals surface area contributed by atoms with Gasteiger partial charge in [-0.05, 0) is 32.6 Å². The number of esters is 1. The molecule has 1 aromatic heterocycles. The fraction of sp³-hybridized carbons (Fsp3) is 0.545. The van der Waals surface area contributed by atoms with Crippen LogP contribution in [0.2, 0.25) is 0 Å². The Bertz CT molecular complexity index is 381. The molecule has 0 bridgehead atoms. The van der Waals surface area contributed by atoms with Crippen molar-refractivity contribution in [1.29, 1.82) is 0 Å². The smallest absolute Gasteiger partial charge is 0.352 e. The van der Waals surface area contributed by atoms with Crippen LogP contribution in [0.4, 0.5) is 0 Å². The molecule has 0 atom stereocenters. The first-order valence-electron chi connectivity index (χ1n) is 5.24. The van der Waals surface area contributed by atoms with E-state index in [-0.39, 0.29) is 5.75 Å². The van der Waals surface area contributed by atoms with E-state index in [2.05, 4.69) is 0 Å². The third kappa shape index (κ3) is 1.86. The van der Waals surface area contributed by atoms with Crippen LogP contribution in [0.3, 0.4) is 0 Å². The van der Waals surface area contributed by atoms with Gasteiger partial charge < -0.3 is 9.84 Å². The van der Waals surface area contributed by atoms with Crippen molar-refractivity contribution in [1.82, 2.24) is 0 Å². The highest BCUT2D eigenvalue weighted by molar-refractivity contribution is 7.14. The van der Waals surface area contributed by atoms with Crippen molar-refractivity contribution in [2.45, 2.75) is 32.6 Å². The second kappa shape index (κ2) is 4.23. The summed E-state index contributed by atoms with van der Waals surface area (Å²) < 4.78 is 4.90. The molecule has 0 unspecified atom stereocenters. The minimum atomic E-state index is -0.394. The summed E-state index contributed by atoms with van der Waals surface area (Å²) in [5.74, 6) is -0.234. The van der Waals surface area contributed by atoms with Gasteiger partial charge in [0.15, 0.2) is 4.88 Å². The molecule has 3 nitrogen and oxygen atoms in total. The zero-order valence-corrected chi connectivity index (χ0v) is 9.52. The maximum absolute atomic E-state index is 11.5. The van der Waals surface area contributed by atoms with Crippen molar-refractivity contribution in [3.05, 3.63) is 15.3 Å². The van der Waals surface area contributed by atoms with Gasteiger partial charge in [0.05, 0.1) is 6.61 Å². The molecule has 4 heteroatoms. The van der Waals surface area contributed by atoms with Crippen LogP contribution in [0.1, 0.15) is 39.9 Å². The lowest BCUT2D eigenvalue weighted by Gasteiger charge is -2.09. The van der Waals surface area contributed by atoms with Crippen molar-refractivity contribution in [3.63, 3.8) is 0 Å². The van der Waals surface area contributed by atoms with Crippen LogP contribution in [0.15, 0.2) is 0 Å². The average Bonchev–Trinajstić information content (AvgIpc) is 2.57. The number of carbonyl (C=O) groups excluding carboxylic acids is 1. The lowest BCUT2D eigenvalue weighted by atomic mass is 9.98. The molecule has 15 heavy (non-hydrogen) atoms. The summed E-state index contributed by atoms with van der Waals surface area (Å²) in [5.41, 5.74) is 0.967. The summed E-state index contributed by atoms with van der Waals surface area (Å²) in [6, 6.07) is 0. The number of hydrogen-bond acceptors (Lipinski definition) is 4. The topological polar surface area (TPSA) is 46.5 Å². The van der Waals surface area contributed by atoms with Crippen LogP contribution in [-0.2, 0) is 17.6 Å². The van der Waals surface area contributed by atoms with E-state index >= 15 is 0 Å². The Balaban J connectivity index is 2.32. The number of ether oxygens (including phenoxy) is 1. The molecule has 0 radical (unpaired) electrons. The van der Waals surface area contributed by atoms with Gasteiger partial charge in [-0.2, -0.15) is 0 Å². The van der Waals surface area contributed by atoms with Gasteiger partial charge in [-0.1, -0.05) is 0 Å². The highest BCUT2D eigenvalue weighted by Crippen LogP contribution is 2.39. The van der Waals surface area contributed by atoms with E-state index in [4.69, 9.17) is 4.74 Å². The summed E-state index contributed by atoms with van der Waals surface area (Å²) in [6.07, 6.45) is 4.11. The first-order valence-corrected chi connectivity index (χ1v) is 6.06. The Morgan fingerprint density at radius 2 is 2.20 bits per heavy atom. The minimum absolute atomic E-state index is 0.160. The summed E-state index contributed by atoms with van der Waals surface area (Å²) in [5, 5.41) is 9.88. The molecule has 0 saturated heterocycles. The third-order valence-electron chi connectivity index (χ3n) is 2.60. The molecule has 1 N–H and O–H groups in total. The number of fused-ring (bicyclic) bond motifs is 1. The predicted molar refractivity (Wildman–Crippen MR) is 58.6 cm³/mol. The van der Waals surface area contributed by atoms with E-state index in [1.54, 1.807) is 6.92 Å². The van der Waals surface area contributed by atoms with E-state index in [9.17, 15) is 9.90 Å². The second-order valence-electron chi connectivity index (χ2n) is 3.61. The number of thiophene rings is 1. The number of aromatic hydroxyl groups is 1. The zero-order chi connectivity index (χ0) is 10.8. The van der Waals surface area contributed by atoms with E-state index in [1.165, 1.54) is 11.3 Å². The van der Waals surface area contributed by atoms with Crippen molar-refractivity contribution >= 4 is 17.3 Å². The summed E-state index contributed by atoms with van der Waals surface area (Å²) in [4.78, 5) is 13.0. The second-order valence-corrected chi connectivity index (χ2v) is 4.71. The lowest BCUT2D eigenvalue weighted by molar-refractivity contribution is 0.0529. The van der Waals surface area contributed by atoms with Crippen LogP contribution >= 0.6 is 11.3 Å². The van der Waals surface area contributed by atoms with Crippen molar-refractivity contribution < 1.29 is 14.6 Å². The molecule has 0 amide bonds. The fourth-order valence-electron chi connectivity index (χ4n) is 1.88. The Labute approximate surface area is 92.7 Å². The molecular weight excluding hydrogens is 212 g/mol. The molecule has 1 heterocycles. The monoisotopic (exact) mass is 226 g/mol. The maximum atomic E-state index is 11.5. The van der Waals surface area contributed by atoms with Crippen LogP contribution < -0.4 is 0 Å². The highest BCUT2D eigenvalue weighted by Gasteiger charge is 2.24. The molecule has 2 rings (SSSR count). The summed E-state index contributed by atoms with van der Waals surface area (Å²) in [7, 11) is 0. The molecule has 0 fully saturated rings. The predicted octanol–water partition coefficient (Wildman–Crippen LogP) is 2.51. The molecule has 1 aliphatic rings. The van der Waals surface area contributed by atoms with Gasteiger partial charge in [0.25, 0.3) is 0 Å². The van der Waals surface area contributed by atoms with E-state index in [1.807, 2.05) is 0 Å². The van der Waals surface area contributed by atoms with Gasteiger partial charge in [-0.3, -0.25) is 0 Å². The standard InChI is InChI=1S/C11H14O3S/c1-2-14-11(13)10-9(12)7-5-3-4-6-8(7)15-10/h12H,2-6H2,1H3. The number of rotatable bonds is 2. The Kier molecular flexibility index (Phi) is 2.95. The van der Waals surface area contributed by atoms with Crippen molar-refractivity contribution in [2.75, 3.05) is 6.61 Å². The van der Waals surface area contributed by atoms with Gasteiger partial charge in [0.2, 0.25) is 0 Å². The van der Waals surface area contributed by atoms with Gasteiger partial charge in [-0.25, -0.2) is 4.79 Å². The number of hydrogen-bond donors (Lipinski definition) is 1. The highest BCUT2D eigenvalue weighted by atomic mass is 32.1. The zero-order valence-electron chi connectivity index (χ0n) is 8.71. The molecule has 82 valence electrons. The van der Waals surface area contributed by atoms with Crippen LogP contribution in [0.5, 0.6) is 5.75 Å². The number of aryl methyl sites for hydroxylation is 1. The van der Waals surface area contributed by atoms with Gasteiger partial charge in [0.1, 0.15) is 5.75 Å². The van der Waals surface area contributed by atoms with Crippen molar-refractivity contribution in [2.24, 2.45) is 0 Å². The third-order valence-corrected chi connectivity index (χ3v) is 3.87. The van der Waals surface area contributed by atoms with Crippen LogP contribution in [0.25, 0.3) is 0 Å². The van der Waals surface area contributed by atoms with Gasteiger partial charge in [-0.15, -0.1) is 11.3 Å². The fourth-order valence-corrected chi connectivity index (χ4v) is 3.06. The summed E-state index contributed by atoms with van der Waals surface area (Å²) >= 11 is 1.39. The molecular formula is C11H14O3S. The normalized spacial score (nSPS) is 14.7. The first-order chi connectivity index (χ1) is 7.24. The van der Waals surface area contributed by atoms with Crippen LogP contribution in [-0.4, -0.2) is 17.7 Å². The molecule has 0 aliphatic heterocycles. The first kappa shape index (κ1) is 10.5. The van der Waals surface area contributed by atoms with E-state index < -0.39 is 5.97 Å². The SMILES string of the molecule is CCOC(=O)c1sc2c(c1O)CCCC2. The van der Waals surface area contributed by atoms with Gasteiger partial charge in [0, 0.05) is 10.4 Å². The van der Waals surface area contributed by atoms with E-state index in [0.29, 0.717) is 11.5 Å². The molecule has 1 aliphatic carbocycles. The summed E-state index contributed by atoms with van der Waals surface area (Å²) in [6.45, 7) is 2.11. The Morgan fingerprint density at radius 1 is 1.47 bits per heavy atom. The van der Waals surface area contributed by atoms with Crippen LogP contribution in [0, 0.1) is 0 Å². The van der Waals surface area contributed by atoms with E-state index in [0.717, 1.165) is 36.1 Å². The average molecular weight is 226 g/mol. The Hall–Kier alpha value is -1.03. The Morgan fingerprint density at radius 3 is 2.87 bits per heavy atom. The molecule has 0 saturated carbocycles.